The fourth-order valence-corrected chi connectivity index (χ4v) is 3.69. The molecule has 162 valence electrons. The first-order valence-electron chi connectivity index (χ1n) is 9.55. The Bertz CT molecular complexity index is 1110. The monoisotopic (exact) mass is 503 g/mol. The summed E-state index contributed by atoms with van der Waals surface area (Å²) in [6.45, 7) is 2.70. The number of amides is 1. The van der Waals surface area contributed by atoms with Crippen LogP contribution in [0.4, 0.5) is 0 Å². The molecule has 8 heteroatoms. The topological polar surface area (TPSA) is 65.4 Å². The summed E-state index contributed by atoms with van der Waals surface area (Å²) in [5.74, 6) is 1.21. The summed E-state index contributed by atoms with van der Waals surface area (Å²) in [6, 6.07) is 11.0. The van der Waals surface area contributed by atoms with Crippen LogP contribution in [-0.4, -0.2) is 22.8 Å². The molecule has 0 spiro atoms. The minimum absolute atomic E-state index is 0.179. The molecule has 31 heavy (non-hydrogen) atoms. The third-order valence-corrected chi connectivity index (χ3v) is 5.65. The van der Waals surface area contributed by atoms with Gasteiger partial charge in [-0.1, -0.05) is 17.7 Å². The van der Waals surface area contributed by atoms with Gasteiger partial charge in [0, 0.05) is 41.5 Å². The van der Waals surface area contributed by atoms with Crippen molar-refractivity contribution in [1.29, 1.82) is 0 Å². The summed E-state index contributed by atoms with van der Waals surface area (Å²) in [5.41, 5.74) is 3.73. The maximum Gasteiger partial charge on any atom is 0.244 e. The fourth-order valence-electron chi connectivity index (χ4n) is 2.89. The third kappa shape index (κ3) is 6.12. The van der Waals surface area contributed by atoms with Gasteiger partial charge in [0.2, 0.25) is 5.91 Å². The fraction of sp³-hybridized carbons (Fsp3) is 0.217. The SMILES string of the molecule is COc1ccc(/C=C\C(=O)NCc2cnn(C)c2C)cc1COc1ccc(Cl)cc1Br. The lowest BCUT2D eigenvalue weighted by Crippen LogP contribution is -2.20. The second-order valence-electron chi connectivity index (χ2n) is 6.86. The zero-order valence-corrected chi connectivity index (χ0v) is 19.8. The average Bonchev–Trinajstić information content (AvgIpc) is 3.08. The van der Waals surface area contributed by atoms with E-state index in [0.29, 0.717) is 29.7 Å². The zero-order valence-electron chi connectivity index (χ0n) is 17.5. The minimum Gasteiger partial charge on any atom is -0.496 e. The van der Waals surface area contributed by atoms with E-state index < -0.39 is 0 Å². The van der Waals surface area contributed by atoms with Crippen molar-refractivity contribution in [3.8, 4) is 11.5 Å². The number of hydrogen-bond donors (Lipinski definition) is 1. The molecule has 1 amide bonds. The molecule has 1 N–H and O–H groups in total. The summed E-state index contributed by atoms with van der Waals surface area (Å²) in [5, 5.41) is 7.68. The Morgan fingerprint density at radius 3 is 2.68 bits per heavy atom. The van der Waals surface area contributed by atoms with Crippen LogP contribution in [0.1, 0.15) is 22.4 Å². The Kier molecular flexibility index (Phi) is 7.76. The van der Waals surface area contributed by atoms with Crippen molar-refractivity contribution < 1.29 is 14.3 Å². The van der Waals surface area contributed by atoms with Crippen molar-refractivity contribution in [1.82, 2.24) is 15.1 Å². The number of carbonyl (C=O) groups excluding carboxylic acids is 1. The van der Waals surface area contributed by atoms with E-state index in [1.54, 1.807) is 42.3 Å². The van der Waals surface area contributed by atoms with Gasteiger partial charge >= 0.3 is 0 Å². The largest absolute Gasteiger partial charge is 0.496 e. The summed E-state index contributed by atoms with van der Waals surface area (Å²) in [4.78, 5) is 12.2. The van der Waals surface area contributed by atoms with E-state index in [0.717, 1.165) is 26.9 Å². The number of benzene rings is 2. The maximum atomic E-state index is 12.2. The molecule has 0 aliphatic heterocycles. The molecule has 0 atom stereocenters. The van der Waals surface area contributed by atoms with E-state index in [-0.39, 0.29) is 5.91 Å². The van der Waals surface area contributed by atoms with Gasteiger partial charge in [-0.2, -0.15) is 5.10 Å². The number of aromatic nitrogens is 2. The molecule has 6 nitrogen and oxygen atoms in total. The molecule has 2 aromatic carbocycles. The van der Waals surface area contributed by atoms with E-state index in [1.165, 1.54) is 6.08 Å². The second kappa shape index (κ2) is 10.5. The van der Waals surface area contributed by atoms with E-state index in [1.807, 2.05) is 32.2 Å². The molecular weight excluding hydrogens is 482 g/mol. The Morgan fingerprint density at radius 2 is 2.00 bits per heavy atom. The predicted molar refractivity (Wildman–Crippen MR) is 125 cm³/mol. The molecule has 1 heterocycles. The highest BCUT2D eigenvalue weighted by atomic mass is 79.9. The van der Waals surface area contributed by atoms with Crippen LogP contribution < -0.4 is 14.8 Å². The van der Waals surface area contributed by atoms with Gasteiger partial charge in [0.25, 0.3) is 0 Å². The van der Waals surface area contributed by atoms with Gasteiger partial charge in [-0.25, -0.2) is 0 Å². The number of aryl methyl sites for hydroxylation is 1. The average molecular weight is 505 g/mol. The first-order chi connectivity index (χ1) is 14.9. The molecule has 0 aliphatic carbocycles. The van der Waals surface area contributed by atoms with Crippen LogP contribution in [0.15, 0.2) is 53.1 Å². The number of hydrogen-bond acceptors (Lipinski definition) is 4. The van der Waals surface area contributed by atoms with Gasteiger partial charge in [0.05, 0.1) is 17.8 Å². The van der Waals surface area contributed by atoms with E-state index >= 15 is 0 Å². The van der Waals surface area contributed by atoms with Crippen molar-refractivity contribution in [3.05, 3.63) is 80.6 Å². The highest BCUT2D eigenvalue weighted by Crippen LogP contribution is 2.30. The zero-order chi connectivity index (χ0) is 22.4. The Morgan fingerprint density at radius 1 is 1.23 bits per heavy atom. The van der Waals surface area contributed by atoms with Crippen LogP contribution in [0.25, 0.3) is 6.08 Å². The van der Waals surface area contributed by atoms with Crippen molar-refractivity contribution in [2.75, 3.05) is 7.11 Å². The quantitative estimate of drug-likeness (QED) is 0.436. The van der Waals surface area contributed by atoms with E-state index in [9.17, 15) is 4.79 Å². The molecule has 0 unspecified atom stereocenters. The molecule has 0 radical (unpaired) electrons. The number of rotatable bonds is 8. The van der Waals surface area contributed by atoms with Crippen molar-refractivity contribution in [3.63, 3.8) is 0 Å². The predicted octanol–water partition coefficient (Wildman–Crippen LogP) is 5.06. The Labute approximate surface area is 194 Å². The van der Waals surface area contributed by atoms with Gasteiger partial charge in [-0.15, -0.1) is 0 Å². The van der Waals surface area contributed by atoms with Crippen molar-refractivity contribution in [2.45, 2.75) is 20.1 Å². The van der Waals surface area contributed by atoms with Crippen LogP contribution in [-0.2, 0) is 25.0 Å². The third-order valence-electron chi connectivity index (χ3n) is 4.80. The van der Waals surface area contributed by atoms with Crippen molar-refractivity contribution >= 4 is 39.5 Å². The van der Waals surface area contributed by atoms with Crippen LogP contribution in [0.5, 0.6) is 11.5 Å². The molecule has 3 rings (SSSR count). The Hall–Kier alpha value is -2.77. The second-order valence-corrected chi connectivity index (χ2v) is 8.16. The van der Waals surface area contributed by atoms with Crippen molar-refractivity contribution in [2.24, 2.45) is 7.05 Å². The number of halogens is 2. The van der Waals surface area contributed by atoms with Crippen LogP contribution in [0, 0.1) is 6.92 Å². The van der Waals surface area contributed by atoms with Gasteiger partial charge in [0.15, 0.2) is 0 Å². The number of nitrogens with one attached hydrogen (secondary N) is 1. The lowest BCUT2D eigenvalue weighted by atomic mass is 10.1. The maximum absolute atomic E-state index is 12.2. The molecule has 0 aliphatic rings. The molecule has 0 fully saturated rings. The first-order valence-corrected chi connectivity index (χ1v) is 10.7. The lowest BCUT2D eigenvalue weighted by molar-refractivity contribution is -0.116. The normalized spacial score (nSPS) is 11.0. The molecule has 0 saturated carbocycles. The standard InChI is InChI=1S/C23H23BrClN3O3/c1-15-18(13-27-28(15)2)12-26-23(29)9-5-16-4-7-21(30-3)17(10-16)14-31-22-8-6-19(25)11-20(22)24/h4-11,13H,12,14H2,1-3H3,(H,26,29)/b9-5-. The van der Waals surface area contributed by atoms with Gasteiger partial charge in [-0.3, -0.25) is 9.48 Å². The number of ether oxygens (including phenoxy) is 2. The number of methoxy groups -OCH3 is 1. The molecule has 1 aromatic heterocycles. The molecule has 0 saturated heterocycles. The summed E-state index contributed by atoms with van der Waals surface area (Å²) in [6.07, 6.45) is 5.02. The highest BCUT2D eigenvalue weighted by Gasteiger charge is 2.08. The smallest absolute Gasteiger partial charge is 0.244 e. The highest BCUT2D eigenvalue weighted by molar-refractivity contribution is 9.10. The number of carbonyl (C=O) groups is 1. The molecule has 0 bridgehead atoms. The van der Waals surface area contributed by atoms with Gasteiger partial charge < -0.3 is 14.8 Å². The van der Waals surface area contributed by atoms with E-state index in [4.69, 9.17) is 21.1 Å². The summed E-state index contributed by atoms with van der Waals surface area (Å²) >= 11 is 9.43. The molecular formula is C23H23BrClN3O3. The van der Waals surface area contributed by atoms with Crippen LogP contribution in [0.3, 0.4) is 0 Å². The van der Waals surface area contributed by atoms with E-state index in [2.05, 4.69) is 26.3 Å². The van der Waals surface area contributed by atoms with Crippen LogP contribution >= 0.6 is 27.5 Å². The molecule has 3 aromatic rings. The summed E-state index contributed by atoms with van der Waals surface area (Å²) < 4.78 is 13.9. The first kappa shape index (κ1) is 22.9. The minimum atomic E-state index is -0.179. The summed E-state index contributed by atoms with van der Waals surface area (Å²) in [7, 11) is 3.48. The van der Waals surface area contributed by atoms with Gasteiger partial charge in [0.1, 0.15) is 18.1 Å². The van der Waals surface area contributed by atoms with Gasteiger partial charge in [-0.05, 0) is 64.8 Å². The lowest BCUT2D eigenvalue weighted by Gasteiger charge is -2.12. The van der Waals surface area contributed by atoms with Crippen LogP contribution in [0.2, 0.25) is 5.02 Å². The number of nitrogens with zero attached hydrogens (tertiary/aromatic N) is 2. The Balaban J connectivity index is 1.64.